The summed E-state index contributed by atoms with van der Waals surface area (Å²) in [7, 11) is 0. The van der Waals surface area contributed by atoms with Crippen LogP contribution in [-0.4, -0.2) is 57.3 Å². The lowest BCUT2D eigenvalue weighted by Crippen LogP contribution is -2.33. The fraction of sp³-hybridized carbons (Fsp3) is 1.00. The highest BCUT2D eigenvalue weighted by Crippen LogP contribution is 2.04. The first-order valence-electron chi connectivity index (χ1n) is 8.05. The van der Waals surface area contributed by atoms with Gasteiger partial charge < -0.3 is 25.6 Å². The second-order valence-electron chi connectivity index (χ2n) is 5.10. The van der Waals surface area contributed by atoms with Crippen molar-refractivity contribution in [2.45, 2.75) is 51.6 Å². The number of ether oxygens (including phenoxy) is 2. The number of aliphatic hydroxyl groups is 1. The lowest BCUT2D eigenvalue weighted by atomic mass is 10.1. The Kier molecular flexibility index (Phi) is 16.7. The molecule has 0 aliphatic rings. The summed E-state index contributed by atoms with van der Waals surface area (Å²) in [6.45, 7) is 6.37. The Hall–Kier alpha value is -0.200. The van der Waals surface area contributed by atoms with Gasteiger partial charge in [-0.1, -0.05) is 39.0 Å². The zero-order valence-corrected chi connectivity index (χ0v) is 13.1. The lowest BCUT2D eigenvalue weighted by Gasteiger charge is -2.12. The van der Waals surface area contributed by atoms with Crippen LogP contribution >= 0.6 is 0 Å². The quantitative estimate of drug-likeness (QED) is 0.373. The van der Waals surface area contributed by atoms with Crippen molar-refractivity contribution in [2.75, 3.05) is 46.1 Å². The Morgan fingerprint density at radius 1 is 1.00 bits per heavy atom. The van der Waals surface area contributed by atoms with Crippen LogP contribution in [0.1, 0.15) is 45.4 Å². The van der Waals surface area contributed by atoms with Gasteiger partial charge in [0.05, 0.1) is 25.9 Å². The van der Waals surface area contributed by atoms with Crippen LogP contribution in [0, 0.1) is 0 Å². The van der Waals surface area contributed by atoms with Gasteiger partial charge in [-0.2, -0.15) is 0 Å². The number of nitrogens with two attached hydrogens (primary N) is 1. The molecule has 0 aromatic heterocycles. The van der Waals surface area contributed by atoms with Gasteiger partial charge in [-0.05, 0) is 6.42 Å². The zero-order chi connectivity index (χ0) is 14.9. The third-order valence-electron chi connectivity index (χ3n) is 3.03. The highest BCUT2D eigenvalue weighted by molar-refractivity contribution is 4.58. The molecule has 0 radical (unpaired) electrons. The molecule has 0 aromatic carbocycles. The molecule has 0 spiro atoms. The van der Waals surface area contributed by atoms with E-state index >= 15 is 0 Å². The summed E-state index contributed by atoms with van der Waals surface area (Å²) in [6.07, 6.45) is 7.21. The van der Waals surface area contributed by atoms with E-state index < -0.39 is 6.10 Å². The smallest absolute Gasteiger partial charge is 0.0897 e. The Morgan fingerprint density at radius 3 is 2.45 bits per heavy atom. The molecule has 0 rings (SSSR count). The molecule has 20 heavy (non-hydrogen) atoms. The fourth-order valence-corrected chi connectivity index (χ4v) is 1.85. The molecule has 4 N–H and O–H groups in total. The van der Waals surface area contributed by atoms with Gasteiger partial charge in [-0.3, -0.25) is 0 Å². The van der Waals surface area contributed by atoms with Gasteiger partial charge in [0, 0.05) is 26.2 Å². The molecule has 1 atom stereocenters. The van der Waals surface area contributed by atoms with Crippen molar-refractivity contribution in [3.05, 3.63) is 0 Å². The van der Waals surface area contributed by atoms with Crippen LogP contribution in [0.5, 0.6) is 0 Å². The highest BCUT2D eigenvalue weighted by atomic mass is 16.5. The third-order valence-corrected chi connectivity index (χ3v) is 3.03. The van der Waals surface area contributed by atoms with E-state index in [1.54, 1.807) is 0 Å². The Bertz CT molecular complexity index is 183. The van der Waals surface area contributed by atoms with Gasteiger partial charge in [-0.25, -0.2) is 0 Å². The summed E-state index contributed by atoms with van der Waals surface area (Å²) >= 11 is 0. The fourth-order valence-electron chi connectivity index (χ4n) is 1.85. The van der Waals surface area contributed by atoms with Crippen LogP contribution in [0.2, 0.25) is 0 Å². The van der Waals surface area contributed by atoms with Gasteiger partial charge in [-0.15, -0.1) is 0 Å². The van der Waals surface area contributed by atoms with Crippen LogP contribution in [0.3, 0.4) is 0 Å². The van der Waals surface area contributed by atoms with Crippen LogP contribution < -0.4 is 11.1 Å². The molecule has 0 saturated carbocycles. The van der Waals surface area contributed by atoms with E-state index in [0.29, 0.717) is 32.9 Å². The van der Waals surface area contributed by atoms with Crippen LogP contribution in [-0.2, 0) is 9.47 Å². The zero-order valence-electron chi connectivity index (χ0n) is 13.1. The standard InChI is InChI=1S/C15H34N2O3/c1-2-3-4-5-6-7-10-19-11-12-20-14-15(18)13-17-9-8-16/h15,17-18H,2-14,16H2,1H3. The summed E-state index contributed by atoms with van der Waals surface area (Å²) in [6, 6.07) is 0. The van der Waals surface area contributed by atoms with Crippen molar-refractivity contribution in [1.29, 1.82) is 0 Å². The second kappa shape index (κ2) is 16.9. The number of unbranched alkanes of at least 4 members (excludes halogenated alkanes) is 5. The van der Waals surface area contributed by atoms with Crippen molar-refractivity contribution in [3.63, 3.8) is 0 Å². The molecule has 0 aliphatic heterocycles. The van der Waals surface area contributed by atoms with Gasteiger partial charge in [0.25, 0.3) is 0 Å². The van der Waals surface area contributed by atoms with Crippen LogP contribution in [0.4, 0.5) is 0 Å². The number of rotatable bonds is 16. The molecule has 0 fully saturated rings. The van der Waals surface area contributed by atoms with Crippen molar-refractivity contribution in [3.8, 4) is 0 Å². The summed E-state index contributed by atoms with van der Waals surface area (Å²) in [5.41, 5.74) is 5.34. The molecule has 1 unspecified atom stereocenters. The van der Waals surface area contributed by atoms with Gasteiger partial charge in [0.1, 0.15) is 0 Å². The molecule has 0 bridgehead atoms. The van der Waals surface area contributed by atoms with E-state index in [-0.39, 0.29) is 0 Å². The normalized spacial score (nSPS) is 12.8. The van der Waals surface area contributed by atoms with E-state index in [1.807, 2.05) is 0 Å². The lowest BCUT2D eigenvalue weighted by molar-refractivity contribution is 0.00387. The molecular weight excluding hydrogens is 256 g/mol. The first-order valence-corrected chi connectivity index (χ1v) is 8.05. The molecule has 0 heterocycles. The molecule has 0 aliphatic carbocycles. The SMILES string of the molecule is CCCCCCCCOCCOCC(O)CNCCN. The van der Waals surface area contributed by atoms with Gasteiger partial charge in [0.2, 0.25) is 0 Å². The Labute approximate surface area is 124 Å². The largest absolute Gasteiger partial charge is 0.389 e. The minimum absolute atomic E-state index is 0.345. The van der Waals surface area contributed by atoms with Gasteiger partial charge >= 0.3 is 0 Å². The second-order valence-corrected chi connectivity index (χ2v) is 5.10. The average molecular weight is 290 g/mol. The molecule has 0 saturated heterocycles. The molecule has 0 aromatic rings. The molecule has 5 nitrogen and oxygen atoms in total. The number of aliphatic hydroxyl groups excluding tert-OH is 1. The summed E-state index contributed by atoms with van der Waals surface area (Å²) in [4.78, 5) is 0. The predicted molar refractivity (Wildman–Crippen MR) is 82.9 cm³/mol. The van der Waals surface area contributed by atoms with E-state index in [1.165, 1.54) is 32.1 Å². The summed E-state index contributed by atoms with van der Waals surface area (Å²) in [5, 5.41) is 12.6. The van der Waals surface area contributed by atoms with E-state index in [4.69, 9.17) is 15.2 Å². The van der Waals surface area contributed by atoms with E-state index in [2.05, 4.69) is 12.2 Å². The van der Waals surface area contributed by atoms with Gasteiger partial charge in [0.15, 0.2) is 0 Å². The maximum atomic E-state index is 9.55. The van der Waals surface area contributed by atoms with Crippen LogP contribution in [0.25, 0.3) is 0 Å². The van der Waals surface area contributed by atoms with Crippen molar-refractivity contribution in [2.24, 2.45) is 5.73 Å². The van der Waals surface area contributed by atoms with Crippen molar-refractivity contribution in [1.82, 2.24) is 5.32 Å². The number of hydrogen-bond donors (Lipinski definition) is 3. The topological polar surface area (TPSA) is 76.7 Å². The maximum absolute atomic E-state index is 9.55. The minimum Gasteiger partial charge on any atom is -0.389 e. The van der Waals surface area contributed by atoms with Crippen molar-refractivity contribution < 1.29 is 14.6 Å². The van der Waals surface area contributed by atoms with Crippen LogP contribution in [0.15, 0.2) is 0 Å². The highest BCUT2D eigenvalue weighted by Gasteiger charge is 2.02. The summed E-state index contributed by atoms with van der Waals surface area (Å²) in [5.74, 6) is 0. The number of nitrogens with one attached hydrogen (secondary N) is 1. The monoisotopic (exact) mass is 290 g/mol. The first kappa shape index (κ1) is 19.8. The molecular formula is C15H34N2O3. The average Bonchev–Trinajstić information content (AvgIpc) is 2.45. The Morgan fingerprint density at radius 2 is 1.70 bits per heavy atom. The number of hydrogen-bond acceptors (Lipinski definition) is 5. The predicted octanol–water partition coefficient (Wildman–Crippen LogP) is 1.29. The molecule has 122 valence electrons. The van der Waals surface area contributed by atoms with E-state index in [0.717, 1.165) is 19.6 Å². The van der Waals surface area contributed by atoms with E-state index in [9.17, 15) is 5.11 Å². The Balaban J connectivity index is 3.05. The van der Waals surface area contributed by atoms with Crippen molar-refractivity contribution >= 4 is 0 Å². The third kappa shape index (κ3) is 15.9. The first-order chi connectivity index (χ1) is 9.81. The molecule has 5 heteroatoms. The summed E-state index contributed by atoms with van der Waals surface area (Å²) < 4.78 is 10.8. The maximum Gasteiger partial charge on any atom is 0.0897 e. The molecule has 0 amide bonds. The minimum atomic E-state index is -0.472.